The van der Waals surface area contributed by atoms with E-state index in [4.69, 9.17) is 4.74 Å². The minimum absolute atomic E-state index is 0.0379. The zero-order chi connectivity index (χ0) is 14.8. The number of fused-ring (bicyclic) bond motifs is 1. The van der Waals surface area contributed by atoms with Crippen molar-refractivity contribution in [2.45, 2.75) is 0 Å². The summed E-state index contributed by atoms with van der Waals surface area (Å²) in [6.07, 6.45) is 1.75. The Morgan fingerprint density at radius 1 is 1.14 bits per heavy atom. The summed E-state index contributed by atoms with van der Waals surface area (Å²) in [6, 6.07) is 12.8. The van der Waals surface area contributed by atoms with E-state index in [1.165, 1.54) is 0 Å². The molecule has 3 aromatic rings. The number of hydrogen-bond acceptors (Lipinski definition) is 4. The summed E-state index contributed by atoms with van der Waals surface area (Å²) in [7, 11) is 3.38. The maximum atomic E-state index is 11.7. The number of aryl methyl sites for hydroxylation is 1. The van der Waals surface area contributed by atoms with Gasteiger partial charge in [-0.25, -0.2) is 4.98 Å². The molecule has 0 aliphatic rings. The summed E-state index contributed by atoms with van der Waals surface area (Å²) >= 11 is 0. The topological polar surface area (TPSA) is 56.1 Å². The van der Waals surface area contributed by atoms with Crippen molar-refractivity contribution in [1.82, 2.24) is 9.55 Å². The molecule has 0 aliphatic carbocycles. The van der Waals surface area contributed by atoms with Crippen molar-refractivity contribution >= 4 is 22.4 Å². The number of anilines is 2. The molecule has 2 heterocycles. The van der Waals surface area contributed by atoms with Crippen LogP contribution in [0.3, 0.4) is 0 Å². The summed E-state index contributed by atoms with van der Waals surface area (Å²) in [6.45, 7) is 0. The molecule has 0 aliphatic heterocycles. The second-order valence-corrected chi connectivity index (χ2v) is 4.71. The second kappa shape index (κ2) is 5.28. The van der Waals surface area contributed by atoms with Crippen LogP contribution in [0.4, 0.5) is 11.5 Å². The van der Waals surface area contributed by atoms with Crippen molar-refractivity contribution in [3.63, 3.8) is 0 Å². The van der Waals surface area contributed by atoms with Crippen molar-refractivity contribution in [1.29, 1.82) is 0 Å². The molecule has 0 unspecified atom stereocenters. The maximum Gasteiger partial charge on any atom is 0.250 e. The molecule has 0 spiro atoms. The van der Waals surface area contributed by atoms with Crippen LogP contribution in [-0.4, -0.2) is 16.7 Å². The number of hydrogen-bond donors (Lipinski definition) is 1. The summed E-state index contributed by atoms with van der Waals surface area (Å²) in [5.74, 6) is 1.49. The van der Waals surface area contributed by atoms with Crippen LogP contribution in [-0.2, 0) is 7.05 Å². The number of aromatic nitrogens is 2. The maximum absolute atomic E-state index is 11.7. The molecule has 1 aromatic carbocycles. The SMILES string of the molecule is COc1ccc(Nc2cc3c(ccc(=O)n3C)cn2)cc1. The van der Waals surface area contributed by atoms with Crippen molar-refractivity contribution in [2.75, 3.05) is 12.4 Å². The van der Waals surface area contributed by atoms with Crippen LogP contribution in [0.25, 0.3) is 10.9 Å². The van der Waals surface area contributed by atoms with Gasteiger partial charge in [-0.2, -0.15) is 0 Å². The first-order chi connectivity index (χ1) is 10.2. The van der Waals surface area contributed by atoms with E-state index in [1.54, 1.807) is 37.1 Å². The lowest BCUT2D eigenvalue weighted by Gasteiger charge is -2.09. The van der Waals surface area contributed by atoms with E-state index in [1.807, 2.05) is 30.3 Å². The highest BCUT2D eigenvalue weighted by atomic mass is 16.5. The minimum Gasteiger partial charge on any atom is -0.497 e. The smallest absolute Gasteiger partial charge is 0.250 e. The van der Waals surface area contributed by atoms with Crippen LogP contribution in [0.15, 0.2) is 53.5 Å². The molecule has 0 bridgehead atoms. The van der Waals surface area contributed by atoms with Gasteiger partial charge in [0.25, 0.3) is 5.56 Å². The Kier molecular flexibility index (Phi) is 3.31. The monoisotopic (exact) mass is 281 g/mol. The fourth-order valence-electron chi connectivity index (χ4n) is 2.16. The van der Waals surface area contributed by atoms with Gasteiger partial charge in [-0.3, -0.25) is 4.79 Å². The van der Waals surface area contributed by atoms with Gasteiger partial charge in [0.15, 0.2) is 0 Å². The molecule has 0 saturated carbocycles. The average molecular weight is 281 g/mol. The molecule has 1 N–H and O–H groups in total. The molecule has 0 radical (unpaired) electrons. The highest BCUT2D eigenvalue weighted by Gasteiger charge is 2.03. The van der Waals surface area contributed by atoms with Crippen molar-refractivity contribution < 1.29 is 4.74 Å². The number of nitrogens with zero attached hydrogens (tertiary/aromatic N) is 2. The van der Waals surface area contributed by atoms with Gasteiger partial charge >= 0.3 is 0 Å². The number of benzene rings is 1. The van der Waals surface area contributed by atoms with E-state index in [0.717, 1.165) is 22.3 Å². The Hall–Kier alpha value is -2.82. The molecule has 2 aromatic heterocycles. The van der Waals surface area contributed by atoms with E-state index in [-0.39, 0.29) is 5.56 Å². The number of ether oxygens (including phenoxy) is 1. The van der Waals surface area contributed by atoms with E-state index in [2.05, 4.69) is 10.3 Å². The van der Waals surface area contributed by atoms with Crippen molar-refractivity contribution in [3.05, 3.63) is 59.0 Å². The predicted molar refractivity (Wildman–Crippen MR) is 83.3 cm³/mol. The lowest BCUT2D eigenvalue weighted by molar-refractivity contribution is 0.415. The molecule has 5 nitrogen and oxygen atoms in total. The molecular formula is C16H15N3O2. The van der Waals surface area contributed by atoms with Crippen LogP contribution in [0, 0.1) is 0 Å². The lowest BCUT2D eigenvalue weighted by Crippen LogP contribution is -2.15. The van der Waals surface area contributed by atoms with Crippen LogP contribution >= 0.6 is 0 Å². The van der Waals surface area contributed by atoms with Crippen LogP contribution in [0.2, 0.25) is 0 Å². The average Bonchev–Trinajstić information content (AvgIpc) is 2.52. The Morgan fingerprint density at radius 2 is 1.90 bits per heavy atom. The zero-order valence-electron chi connectivity index (χ0n) is 11.8. The summed E-state index contributed by atoms with van der Waals surface area (Å²) in [5, 5.41) is 4.14. The summed E-state index contributed by atoms with van der Waals surface area (Å²) in [5.41, 5.74) is 1.71. The molecule has 106 valence electrons. The van der Waals surface area contributed by atoms with Gasteiger partial charge in [0.1, 0.15) is 11.6 Å². The van der Waals surface area contributed by atoms with E-state index >= 15 is 0 Å². The fraction of sp³-hybridized carbons (Fsp3) is 0.125. The Morgan fingerprint density at radius 3 is 2.62 bits per heavy atom. The van der Waals surface area contributed by atoms with Crippen molar-refractivity contribution in [3.8, 4) is 5.75 Å². The number of nitrogens with one attached hydrogen (secondary N) is 1. The third-order valence-corrected chi connectivity index (χ3v) is 3.37. The van der Waals surface area contributed by atoms with Crippen LogP contribution in [0.1, 0.15) is 0 Å². The lowest BCUT2D eigenvalue weighted by atomic mass is 10.2. The van der Waals surface area contributed by atoms with Crippen LogP contribution < -0.4 is 15.6 Å². The third-order valence-electron chi connectivity index (χ3n) is 3.37. The molecule has 0 saturated heterocycles. The first-order valence-corrected chi connectivity index (χ1v) is 6.54. The standard InChI is InChI=1S/C16H15N3O2/c1-19-14-9-15(17-10-11(14)3-8-16(19)20)18-12-4-6-13(21-2)7-5-12/h3-10H,1-2H3,(H,17,18). The minimum atomic E-state index is -0.0379. The van der Waals surface area contributed by atoms with Crippen LogP contribution in [0.5, 0.6) is 5.75 Å². The zero-order valence-corrected chi connectivity index (χ0v) is 11.8. The van der Waals surface area contributed by atoms with Gasteiger partial charge in [0, 0.05) is 36.5 Å². The highest BCUT2D eigenvalue weighted by molar-refractivity contribution is 5.81. The molecule has 0 fully saturated rings. The second-order valence-electron chi connectivity index (χ2n) is 4.71. The summed E-state index contributed by atoms with van der Waals surface area (Å²) in [4.78, 5) is 16.0. The molecule has 21 heavy (non-hydrogen) atoms. The molecule has 0 atom stereocenters. The molecule has 0 amide bonds. The molecular weight excluding hydrogens is 266 g/mol. The normalized spacial score (nSPS) is 10.6. The van der Waals surface area contributed by atoms with E-state index in [0.29, 0.717) is 5.82 Å². The number of rotatable bonds is 3. The Balaban J connectivity index is 1.96. The van der Waals surface area contributed by atoms with Gasteiger partial charge in [-0.05, 0) is 30.3 Å². The highest BCUT2D eigenvalue weighted by Crippen LogP contribution is 2.20. The van der Waals surface area contributed by atoms with E-state index < -0.39 is 0 Å². The van der Waals surface area contributed by atoms with Gasteiger partial charge in [0.2, 0.25) is 0 Å². The van der Waals surface area contributed by atoms with Gasteiger partial charge in [-0.1, -0.05) is 0 Å². The fourth-order valence-corrected chi connectivity index (χ4v) is 2.16. The molecule has 5 heteroatoms. The van der Waals surface area contributed by atoms with Gasteiger partial charge < -0.3 is 14.6 Å². The number of pyridine rings is 2. The van der Waals surface area contributed by atoms with E-state index in [9.17, 15) is 4.79 Å². The van der Waals surface area contributed by atoms with Gasteiger partial charge in [0.05, 0.1) is 12.6 Å². The Labute approximate surface area is 121 Å². The third kappa shape index (κ3) is 2.58. The van der Waals surface area contributed by atoms with Crippen molar-refractivity contribution in [2.24, 2.45) is 7.05 Å². The van der Waals surface area contributed by atoms with Gasteiger partial charge in [-0.15, -0.1) is 0 Å². The predicted octanol–water partition coefficient (Wildman–Crippen LogP) is 2.69. The largest absolute Gasteiger partial charge is 0.497 e. The Bertz CT molecular complexity index is 838. The number of methoxy groups -OCH3 is 1. The first kappa shape index (κ1) is 13.2. The quantitative estimate of drug-likeness (QED) is 0.802. The first-order valence-electron chi connectivity index (χ1n) is 6.54. The molecule has 3 rings (SSSR count). The summed E-state index contributed by atoms with van der Waals surface area (Å²) < 4.78 is 6.73.